The molecule has 0 amide bonds. The number of anilines is 6. The molecular weight excluding hydrogens is 805 g/mol. The highest BCUT2D eigenvalue weighted by molar-refractivity contribution is 6.29. The predicted molar refractivity (Wildman–Crippen MR) is 277 cm³/mol. The molecule has 0 aliphatic carbocycles. The molecule has 0 spiro atoms. The van der Waals surface area contributed by atoms with Crippen LogP contribution in [0.3, 0.4) is 0 Å². The van der Waals surface area contributed by atoms with Gasteiger partial charge in [0.2, 0.25) is 0 Å². The van der Waals surface area contributed by atoms with Crippen molar-refractivity contribution < 1.29 is 8.83 Å². The Morgan fingerprint density at radius 3 is 1.32 bits per heavy atom. The van der Waals surface area contributed by atoms with Crippen LogP contribution in [0.1, 0.15) is 0 Å². The zero-order chi connectivity index (χ0) is 43.0. The van der Waals surface area contributed by atoms with Crippen molar-refractivity contribution in [2.45, 2.75) is 0 Å². The first kappa shape index (κ1) is 35.6. The molecule has 0 atom stereocenters. The van der Waals surface area contributed by atoms with Gasteiger partial charge in [0.05, 0.1) is 28.4 Å². The highest BCUT2D eigenvalue weighted by Crippen LogP contribution is 2.51. The SMILES string of the molecule is c1ccc(-c2ccccc2N(c2cc3ccc4cccc5oc(c2)c3c45)c2ccc3ccc4c(N(c5ccccc5)c5cc6ccc7cccc8oc(c5)c6c78)ccc5ccc2c3c54)cc1. The Kier molecular flexibility index (Phi) is 7.19. The van der Waals surface area contributed by atoms with Crippen LogP contribution in [0.4, 0.5) is 34.1 Å². The molecule has 0 saturated carbocycles. The van der Waals surface area contributed by atoms with E-state index in [1.54, 1.807) is 0 Å². The lowest BCUT2D eigenvalue weighted by atomic mass is 9.91. The van der Waals surface area contributed by atoms with Crippen LogP contribution in [0, 0.1) is 0 Å². The van der Waals surface area contributed by atoms with Crippen molar-refractivity contribution in [1.29, 1.82) is 0 Å². The highest BCUT2D eigenvalue weighted by Gasteiger charge is 2.26. The third-order valence-corrected chi connectivity index (χ3v) is 14.0. The molecule has 2 aromatic heterocycles. The molecule has 4 heteroatoms. The predicted octanol–water partition coefficient (Wildman–Crippen LogP) is 18.2. The van der Waals surface area contributed by atoms with Crippen LogP contribution >= 0.6 is 0 Å². The molecule has 66 heavy (non-hydrogen) atoms. The molecule has 0 N–H and O–H groups in total. The van der Waals surface area contributed by atoms with Gasteiger partial charge in [-0.05, 0) is 103 Å². The van der Waals surface area contributed by atoms with Crippen molar-refractivity contribution in [3.63, 3.8) is 0 Å². The van der Waals surface area contributed by atoms with Crippen LogP contribution in [0.5, 0.6) is 0 Å². The molecule has 4 nitrogen and oxygen atoms in total. The van der Waals surface area contributed by atoms with E-state index in [0.29, 0.717) is 0 Å². The minimum Gasteiger partial charge on any atom is -0.456 e. The summed E-state index contributed by atoms with van der Waals surface area (Å²) in [6, 6.07) is 79.3. The smallest absolute Gasteiger partial charge is 0.138 e. The highest BCUT2D eigenvalue weighted by atomic mass is 16.3. The van der Waals surface area contributed by atoms with Gasteiger partial charge in [-0.25, -0.2) is 0 Å². The maximum Gasteiger partial charge on any atom is 0.138 e. The first-order chi connectivity index (χ1) is 32.7. The summed E-state index contributed by atoms with van der Waals surface area (Å²) in [4.78, 5) is 4.85. The molecule has 13 aromatic carbocycles. The quantitative estimate of drug-likeness (QED) is 0.150. The van der Waals surface area contributed by atoms with E-state index in [-0.39, 0.29) is 0 Å². The van der Waals surface area contributed by atoms with E-state index < -0.39 is 0 Å². The molecule has 0 fully saturated rings. The first-order valence-electron chi connectivity index (χ1n) is 22.6. The van der Waals surface area contributed by atoms with E-state index in [1.807, 2.05) is 0 Å². The van der Waals surface area contributed by atoms with Crippen molar-refractivity contribution in [3.8, 4) is 11.1 Å². The summed E-state index contributed by atoms with van der Waals surface area (Å²) in [7, 11) is 0. The van der Waals surface area contributed by atoms with Crippen LogP contribution in [-0.4, -0.2) is 0 Å². The fourth-order valence-electron chi connectivity index (χ4n) is 11.2. The molecule has 0 radical (unpaired) electrons. The van der Waals surface area contributed by atoms with Crippen molar-refractivity contribution in [2.75, 3.05) is 9.80 Å². The molecule has 0 bridgehead atoms. The molecule has 0 unspecified atom stereocenters. The van der Waals surface area contributed by atoms with Crippen LogP contribution < -0.4 is 9.80 Å². The lowest BCUT2D eigenvalue weighted by Crippen LogP contribution is -2.12. The van der Waals surface area contributed by atoms with Gasteiger partial charge in [0, 0.05) is 55.7 Å². The van der Waals surface area contributed by atoms with Crippen LogP contribution in [0.2, 0.25) is 0 Å². The summed E-state index contributed by atoms with van der Waals surface area (Å²) in [5, 5.41) is 16.6. The Morgan fingerprint density at radius 1 is 0.258 bits per heavy atom. The summed E-state index contributed by atoms with van der Waals surface area (Å²) < 4.78 is 13.3. The van der Waals surface area contributed by atoms with Crippen molar-refractivity contribution >= 4 is 132 Å². The van der Waals surface area contributed by atoms with Gasteiger partial charge in [-0.15, -0.1) is 0 Å². The normalized spacial score (nSPS) is 12.2. The number of para-hydroxylation sites is 2. The van der Waals surface area contributed by atoms with Crippen molar-refractivity contribution in [1.82, 2.24) is 0 Å². The third-order valence-electron chi connectivity index (χ3n) is 14.0. The van der Waals surface area contributed by atoms with Crippen LogP contribution in [0.25, 0.3) is 109 Å². The molecule has 15 aromatic rings. The molecule has 2 heterocycles. The van der Waals surface area contributed by atoms with Crippen molar-refractivity contribution in [3.05, 3.63) is 218 Å². The van der Waals surface area contributed by atoms with E-state index in [2.05, 4.69) is 228 Å². The molecule has 306 valence electrons. The standard InChI is InChI=1S/C62H36N2O2/c1-3-11-37(12-4-1)47-17-7-8-18-50(47)64(46-34-43-24-22-39-14-10-20-54-60(39)62(43)56(36-46)66-54)52-32-28-41-25-29-48-51(31-27-40-26-30-49(52)58(41)57(40)48)63(44-15-5-2-6-16-44)45-33-42-23-21-38-13-9-19-53-59(38)61(42)55(35-45)65-53/h1-36H. The van der Waals surface area contributed by atoms with Gasteiger partial charge in [-0.2, -0.15) is 0 Å². The molecule has 0 aliphatic rings. The minimum absolute atomic E-state index is 0.880. The summed E-state index contributed by atoms with van der Waals surface area (Å²) in [5.41, 5.74) is 12.3. The third kappa shape index (κ3) is 4.98. The Hall–Kier alpha value is -8.86. The number of hydrogen-bond acceptors (Lipinski definition) is 4. The summed E-state index contributed by atoms with van der Waals surface area (Å²) in [6.45, 7) is 0. The Morgan fingerprint density at radius 2 is 0.712 bits per heavy atom. The number of benzene rings is 13. The van der Waals surface area contributed by atoms with Gasteiger partial charge >= 0.3 is 0 Å². The summed E-state index contributed by atoms with van der Waals surface area (Å²) in [6.07, 6.45) is 0. The molecular formula is C62H36N2O2. The van der Waals surface area contributed by atoms with Gasteiger partial charge in [0.25, 0.3) is 0 Å². The second kappa shape index (κ2) is 13.3. The Balaban J connectivity index is 0.992. The second-order valence-corrected chi connectivity index (χ2v) is 17.6. The van der Waals surface area contributed by atoms with E-state index >= 15 is 0 Å². The van der Waals surface area contributed by atoms with E-state index in [4.69, 9.17) is 8.83 Å². The van der Waals surface area contributed by atoms with E-state index in [0.717, 1.165) is 78.4 Å². The van der Waals surface area contributed by atoms with Gasteiger partial charge in [-0.1, -0.05) is 152 Å². The number of hydrogen-bond donors (Lipinski definition) is 0. The lowest BCUT2D eigenvalue weighted by molar-refractivity contribution is 0.669. The van der Waals surface area contributed by atoms with E-state index in [1.165, 1.54) is 64.6 Å². The first-order valence-corrected chi connectivity index (χ1v) is 22.6. The Bertz CT molecular complexity index is 4360. The lowest BCUT2D eigenvalue weighted by Gasteiger charge is -2.30. The second-order valence-electron chi connectivity index (χ2n) is 17.6. The number of nitrogens with zero attached hydrogens (tertiary/aromatic N) is 2. The minimum atomic E-state index is 0.880. The maximum atomic E-state index is 6.70. The van der Waals surface area contributed by atoms with Gasteiger partial charge in [-0.3, -0.25) is 0 Å². The van der Waals surface area contributed by atoms with Crippen LogP contribution in [-0.2, 0) is 0 Å². The fraction of sp³-hybridized carbons (Fsp3) is 0. The summed E-state index contributed by atoms with van der Waals surface area (Å²) in [5.74, 6) is 0. The average molecular weight is 841 g/mol. The van der Waals surface area contributed by atoms with Crippen molar-refractivity contribution in [2.24, 2.45) is 0 Å². The molecule has 0 aliphatic heterocycles. The van der Waals surface area contributed by atoms with E-state index in [9.17, 15) is 0 Å². The summed E-state index contributed by atoms with van der Waals surface area (Å²) >= 11 is 0. The van der Waals surface area contributed by atoms with Gasteiger partial charge < -0.3 is 18.6 Å². The van der Waals surface area contributed by atoms with Gasteiger partial charge in [0.15, 0.2) is 0 Å². The number of furan rings is 2. The maximum absolute atomic E-state index is 6.70. The zero-order valence-corrected chi connectivity index (χ0v) is 35.5. The Labute approximate surface area is 378 Å². The molecule has 15 rings (SSSR count). The average Bonchev–Trinajstić information content (AvgIpc) is 3.95. The van der Waals surface area contributed by atoms with Gasteiger partial charge in [0.1, 0.15) is 22.3 Å². The molecule has 0 saturated heterocycles. The largest absolute Gasteiger partial charge is 0.456 e. The topological polar surface area (TPSA) is 32.8 Å². The van der Waals surface area contributed by atoms with Crippen LogP contribution in [0.15, 0.2) is 227 Å². The monoisotopic (exact) mass is 840 g/mol. The zero-order valence-electron chi connectivity index (χ0n) is 35.5. The number of rotatable bonds is 7. The fourth-order valence-corrected chi connectivity index (χ4v) is 11.2.